The van der Waals surface area contributed by atoms with E-state index in [1.165, 1.54) is 0 Å². The van der Waals surface area contributed by atoms with Crippen molar-refractivity contribution in [2.75, 3.05) is 0 Å². The van der Waals surface area contributed by atoms with E-state index in [9.17, 15) is 9.90 Å². The first-order valence-electron chi connectivity index (χ1n) is 7.70. The predicted octanol–water partition coefficient (Wildman–Crippen LogP) is 2.27. The summed E-state index contributed by atoms with van der Waals surface area (Å²) in [7, 11) is 0. The van der Waals surface area contributed by atoms with Crippen molar-refractivity contribution in [3.63, 3.8) is 0 Å². The maximum absolute atomic E-state index is 12.4. The van der Waals surface area contributed by atoms with Gasteiger partial charge in [0.1, 0.15) is 12.7 Å². The Morgan fingerprint density at radius 1 is 1.25 bits per heavy atom. The number of benzene rings is 1. The smallest absolute Gasteiger partial charge is 0.251 e. The molecule has 2 aromatic rings. The Hall–Kier alpha value is -2.73. The third-order valence-electron chi connectivity index (χ3n) is 4.00. The Kier molecular flexibility index (Phi) is 5.65. The summed E-state index contributed by atoms with van der Waals surface area (Å²) in [4.78, 5) is 12.4. The maximum atomic E-state index is 12.4. The van der Waals surface area contributed by atoms with E-state index in [0.29, 0.717) is 18.4 Å². The van der Waals surface area contributed by atoms with Crippen LogP contribution in [-0.2, 0) is 0 Å². The minimum absolute atomic E-state index is 0.246. The molecule has 0 fully saturated rings. The van der Waals surface area contributed by atoms with Gasteiger partial charge < -0.3 is 10.4 Å². The second kappa shape index (κ2) is 7.70. The van der Waals surface area contributed by atoms with Crippen molar-refractivity contribution in [3.8, 4) is 5.69 Å². The third-order valence-corrected chi connectivity index (χ3v) is 4.00. The lowest BCUT2D eigenvalue weighted by Crippen LogP contribution is -2.50. The van der Waals surface area contributed by atoms with E-state index >= 15 is 0 Å². The van der Waals surface area contributed by atoms with Gasteiger partial charge in [-0.3, -0.25) is 9.36 Å². The molecule has 1 aromatic heterocycles. The van der Waals surface area contributed by atoms with Gasteiger partial charge in [0.05, 0.1) is 11.6 Å². The number of hydrogen-bond donors (Lipinski definition) is 2. The number of carbonyl (C=O) groups excluding carboxylic acids is 1. The molecule has 0 spiro atoms. The third kappa shape index (κ3) is 3.97. The predicted molar refractivity (Wildman–Crippen MR) is 92.9 cm³/mol. The highest BCUT2D eigenvalue weighted by Crippen LogP contribution is 2.21. The zero-order valence-corrected chi connectivity index (χ0v) is 13.7. The van der Waals surface area contributed by atoms with E-state index < -0.39 is 11.6 Å². The highest BCUT2D eigenvalue weighted by Gasteiger charge is 2.32. The van der Waals surface area contributed by atoms with E-state index in [4.69, 9.17) is 0 Å². The molecule has 1 aromatic carbocycles. The zero-order valence-electron chi connectivity index (χ0n) is 13.7. The van der Waals surface area contributed by atoms with Crippen molar-refractivity contribution < 1.29 is 9.90 Å². The van der Waals surface area contributed by atoms with E-state index in [-0.39, 0.29) is 5.91 Å². The number of hydrogen-bond acceptors (Lipinski definition) is 4. The number of aromatic nitrogens is 3. The molecule has 2 N–H and O–H groups in total. The Morgan fingerprint density at radius 3 is 2.29 bits per heavy atom. The molecule has 0 bridgehead atoms. The van der Waals surface area contributed by atoms with Crippen molar-refractivity contribution >= 4 is 5.91 Å². The largest absolute Gasteiger partial charge is 0.387 e. The maximum Gasteiger partial charge on any atom is 0.251 e. The molecule has 24 heavy (non-hydrogen) atoms. The van der Waals surface area contributed by atoms with Crippen molar-refractivity contribution in [1.29, 1.82) is 0 Å². The number of aliphatic hydroxyl groups is 1. The Bertz CT molecular complexity index is 682. The van der Waals surface area contributed by atoms with Gasteiger partial charge in [0.25, 0.3) is 5.91 Å². The lowest BCUT2D eigenvalue weighted by molar-refractivity contribution is 0.0127. The molecular formula is C18H22N4O2. The molecule has 1 heterocycles. The van der Waals surface area contributed by atoms with Gasteiger partial charge in [-0.2, -0.15) is 0 Å². The van der Waals surface area contributed by atoms with Crippen LogP contribution >= 0.6 is 0 Å². The first kappa shape index (κ1) is 17.6. The lowest BCUT2D eigenvalue weighted by atomic mass is 9.88. The standard InChI is InChI=1S/C18H22N4O2/c1-4-10-18(24,11-5-2)14(3)21-17(23)15-6-8-16(9-7-15)22-12-19-20-13-22/h4-9,12-14,24H,1-2,10-11H2,3H3,(H,21,23). The van der Waals surface area contributed by atoms with E-state index in [0.717, 1.165) is 5.69 Å². The quantitative estimate of drug-likeness (QED) is 0.729. The van der Waals surface area contributed by atoms with Gasteiger partial charge in [-0.15, -0.1) is 23.4 Å². The van der Waals surface area contributed by atoms with Crippen LogP contribution in [0.3, 0.4) is 0 Å². The Balaban J connectivity index is 2.08. The normalized spacial score (nSPS) is 12.4. The van der Waals surface area contributed by atoms with Crippen LogP contribution in [0.25, 0.3) is 5.69 Å². The van der Waals surface area contributed by atoms with Gasteiger partial charge in [0.2, 0.25) is 0 Å². The summed E-state index contributed by atoms with van der Waals surface area (Å²) in [5.74, 6) is -0.246. The van der Waals surface area contributed by atoms with Crippen LogP contribution in [0.5, 0.6) is 0 Å². The monoisotopic (exact) mass is 326 g/mol. The van der Waals surface area contributed by atoms with E-state index in [2.05, 4.69) is 28.7 Å². The summed E-state index contributed by atoms with van der Waals surface area (Å²) >= 11 is 0. The molecule has 0 aliphatic rings. The second-order valence-electron chi connectivity index (χ2n) is 5.70. The van der Waals surface area contributed by atoms with Crippen LogP contribution in [-0.4, -0.2) is 37.4 Å². The fourth-order valence-electron chi connectivity index (χ4n) is 2.47. The molecule has 0 radical (unpaired) electrons. The molecule has 6 heteroatoms. The molecule has 0 saturated carbocycles. The lowest BCUT2D eigenvalue weighted by Gasteiger charge is -2.33. The van der Waals surface area contributed by atoms with Crippen molar-refractivity contribution in [3.05, 3.63) is 67.8 Å². The number of nitrogens with zero attached hydrogens (tertiary/aromatic N) is 3. The Morgan fingerprint density at radius 2 is 1.79 bits per heavy atom. The first-order valence-corrected chi connectivity index (χ1v) is 7.70. The summed E-state index contributed by atoms with van der Waals surface area (Å²) in [6.45, 7) is 9.10. The van der Waals surface area contributed by atoms with Gasteiger partial charge in [0.15, 0.2) is 0 Å². The summed E-state index contributed by atoms with van der Waals surface area (Å²) in [5.41, 5.74) is 0.277. The van der Waals surface area contributed by atoms with Crippen LogP contribution in [0.4, 0.5) is 0 Å². The van der Waals surface area contributed by atoms with Gasteiger partial charge in [-0.1, -0.05) is 12.2 Å². The molecule has 0 aliphatic heterocycles. The van der Waals surface area contributed by atoms with E-state index in [1.54, 1.807) is 48.4 Å². The fraction of sp³-hybridized carbons (Fsp3) is 0.278. The summed E-state index contributed by atoms with van der Waals surface area (Å²) < 4.78 is 1.75. The van der Waals surface area contributed by atoms with Crippen LogP contribution in [0.15, 0.2) is 62.2 Å². The highest BCUT2D eigenvalue weighted by atomic mass is 16.3. The second-order valence-corrected chi connectivity index (χ2v) is 5.70. The SMILES string of the molecule is C=CCC(O)(CC=C)C(C)NC(=O)c1ccc(-n2cnnc2)cc1. The Labute approximate surface area is 141 Å². The fourth-order valence-corrected chi connectivity index (χ4v) is 2.47. The summed E-state index contributed by atoms with van der Waals surface area (Å²) in [5, 5.41) is 21.0. The van der Waals surface area contributed by atoms with Gasteiger partial charge in [-0.05, 0) is 44.0 Å². The van der Waals surface area contributed by atoms with Gasteiger partial charge in [0, 0.05) is 11.3 Å². The molecular weight excluding hydrogens is 304 g/mol. The average molecular weight is 326 g/mol. The molecule has 1 atom stereocenters. The molecule has 1 amide bonds. The first-order chi connectivity index (χ1) is 11.5. The van der Waals surface area contributed by atoms with E-state index in [1.807, 2.05) is 12.1 Å². The van der Waals surface area contributed by atoms with Crippen LogP contribution in [0, 0.1) is 0 Å². The molecule has 126 valence electrons. The van der Waals surface area contributed by atoms with Crippen molar-refractivity contribution in [2.45, 2.75) is 31.4 Å². The minimum Gasteiger partial charge on any atom is -0.387 e. The molecule has 2 rings (SSSR count). The molecule has 0 aliphatic carbocycles. The number of carbonyl (C=O) groups is 1. The molecule has 1 unspecified atom stereocenters. The van der Waals surface area contributed by atoms with Crippen LogP contribution in [0.2, 0.25) is 0 Å². The molecule has 6 nitrogen and oxygen atoms in total. The van der Waals surface area contributed by atoms with Crippen molar-refractivity contribution in [1.82, 2.24) is 20.1 Å². The number of nitrogens with one attached hydrogen (secondary N) is 1. The summed E-state index contributed by atoms with van der Waals surface area (Å²) in [6.07, 6.45) is 7.18. The highest BCUT2D eigenvalue weighted by molar-refractivity contribution is 5.94. The topological polar surface area (TPSA) is 80.0 Å². The van der Waals surface area contributed by atoms with Crippen LogP contribution < -0.4 is 5.32 Å². The van der Waals surface area contributed by atoms with Gasteiger partial charge in [-0.25, -0.2) is 0 Å². The number of rotatable bonds is 8. The minimum atomic E-state index is -1.10. The molecule has 0 saturated heterocycles. The van der Waals surface area contributed by atoms with Gasteiger partial charge >= 0.3 is 0 Å². The van der Waals surface area contributed by atoms with Crippen molar-refractivity contribution in [2.24, 2.45) is 0 Å². The average Bonchev–Trinajstić information content (AvgIpc) is 3.10. The number of amides is 1. The zero-order chi connectivity index (χ0) is 17.6. The van der Waals surface area contributed by atoms with Crippen LogP contribution in [0.1, 0.15) is 30.1 Å². The summed E-state index contributed by atoms with van der Waals surface area (Å²) in [6, 6.07) is 6.61.